The highest BCUT2D eigenvalue weighted by molar-refractivity contribution is 5.85. The van der Waals surface area contributed by atoms with Crippen LogP contribution in [-0.4, -0.2) is 50.9 Å². The zero-order valence-corrected chi connectivity index (χ0v) is 20.0. The van der Waals surface area contributed by atoms with Crippen molar-refractivity contribution in [2.24, 2.45) is 5.92 Å². The molecule has 0 saturated carbocycles. The first-order valence-electron chi connectivity index (χ1n) is 10.2. The summed E-state index contributed by atoms with van der Waals surface area (Å²) in [6.45, 7) is 9.11. The molecular weight excluding hydrogens is 449 g/mol. The van der Waals surface area contributed by atoms with E-state index >= 15 is 0 Å². The van der Waals surface area contributed by atoms with Crippen molar-refractivity contribution < 1.29 is 5.11 Å². The van der Waals surface area contributed by atoms with Gasteiger partial charge < -0.3 is 20.6 Å². The Morgan fingerprint density at radius 2 is 1.84 bits per heavy atom. The molecule has 1 aliphatic heterocycles. The van der Waals surface area contributed by atoms with E-state index in [0.717, 1.165) is 36.8 Å². The largest absolute Gasteiger partial charge is 0.506 e. The van der Waals surface area contributed by atoms with Crippen molar-refractivity contribution in [1.29, 1.82) is 0 Å². The predicted octanol–water partition coefficient (Wildman–Crippen LogP) is 3.97. The lowest BCUT2D eigenvalue weighted by atomic mass is 10.0. The third kappa shape index (κ3) is 5.97. The van der Waals surface area contributed by atoms with E-state index in [2.05, 4.69) is 49.5 Å². The first-order chi connectivity index (χ1) is 14.5. The molecule has 1 fully saturated rings. The summed E-state index contributed by atoms with van der Waals surface area (Å²) in [6.07, 6.45) is 3.40. The number of anilines is 3. The maximum atomic E-state index is 10.5. The molecule has 1 aliphatic rings. The van der Waals surface area contributed by atoms with Crippen molar-refractivity contribution in [2.45, 2.75) is 26.8 Å². The fourth-order valence-corrected chi connectivity index (χ4v) is 3.48. The highest BCUT2D eigenvalue weighted by atomic mass is 35.5. The van der Waals surface area contributed by atoms with Gasteiger partial charge in [0.1, 0.15) is 17.1 Å². The molecule has 8 nitrogen and oxygen atoms in total. The van der Waals surface area contributed by atoms with Gasteiger partial charge in [-0.1, -0.05) is 13.8 Å². The fraction of sp³-hybridized carbons (Fsp3) is 0.364. The first kappa shape index (κ1) is 25.6. The number of aromatic nitrogens is 4. The number of halogens is 2. The molecule has 10 heteroatoms. The van der Waals surface area contributed by atoms with Crippen molar-refractivity contribution in [3.63, 3.8) is 0 Å². The summed E-state index contributed by atoms with van der Waals surface area (Å²) >= 11 is 0. The number of rotatable bonds is 5. The molecule has 1 saturated heterocycles. The first-order valence-corrected chi connectivity index (χ1v) is 10.2. The van der Waals surface area contributed by atoms with Crippen LogP contribution in [0.1, 0.15) is 19.5 Å². The molecule has 0 aromatic carbocycles. The van der Waals surface area contributed by atoms with Gasteiger partial charge >= 0.3 is 0 Å². The quantitative estimate of drug-likeness (QED) is 0.507. The van der Waals surface area contributed by atoms with Gasteiger partial charge in [0.2, 0.25) is 0 Å². The maximum absolute atomic E-state index is 10.5. The van der Waals surface area contributed by atoms with E-state index in [4.69, 9.17) is 0 Å². The summed E-state index contributed by atoms with van der Waals surface area (Å²) < 4.78 is 0. The van der Waals surface area contributed by atoms with Crippen LogP contribution < -0.4 is 15.5 Å². The van der Waals surface area contributed by atoms with E-state index in [9.17, 15) is 5.11 Å². The monoisotopic (exact) mass is 477 g/mol. The van der Waals surface area contributed by atoms with Crippen molar-refractivity contribution >= 4 is 42.0 Å². The molecule has 4 rings (SSSR count). The number of aryl methyl sites for hydroxylation is 1. The van der Waals surface area contributed by atoms with E-state index in [1.807, 2.05) is 31.2 Å². The van der Waals surface area contributed by atoms with Gasteiger partial charge in [0, 0.05) is 37.4 Å². The SMILES string of the molecule is Cc1ccc(Nc2cnc(-c3ccc(N4CCN[C@H](C(C)C)C4)nn3)c(O)c2)cn1.Cl.Cl. The lowest BCUT2D eigenvalue weighted by molar-refractivity contribution is 0.367. The van der Waals surface area contributed by atoms with Gasteiger partial charge in [-0.3, -0.25) is 4.98 Å². The van der Waals surface area contributed by atoms with Gasteiger partial charge in [0.05, 0.1) is 23.8 Å². The summed E-state index contributed by atoms with van der Waals surface area (Å²) in [5.74, 6) is 1.45. The van der Waals surface area contributed by atoms with E-state index in [-0.39, 0.29) is 30.6 Å². The standard InChI is InChI=1S/C22H27N7O.2ClH/c1-14(2)19-13-29(9-8-23-19)21-7-6-18(27-28-21)22-20(30)10-17(12-25-22)26-16-5-4-15(3)24-11-16;;/h4-7,10-12,14,19,23,26,30H,8-9,13H2,1-3H3;2*1H/t19-;;/m0../s1. The summed E-state index contributed by atoms with van der Waals surface area (Å²) in [5, 5.41) is 25.9. The zero-order chi connectivity index (χ0) is 21.1. The van der Waals surface area contributed by atoms with Crippen molar-refractivity contribution in [1.82, 2.24) is 25.5 Å². The molecule has 3 aromatic rings. The van der Waals surface area contributed by atoms with E-state index in [1.54, 1.807) is 18.5 Å². The van der Waals surface area contributed by atoms with Gasteiger partial charge in [0.25, 0.3) is 0 Å². The molecular formula is C22H29Cl2N7O. The van der Waals surface area contributed by atoms with Crippen LogP contribution in [0.5, 0.6) is 5.75 Å². The molecule has 0 bridgehead atoms. The molecule has 0 radical (unpaired) electrons. The van der Waals surface area contributed by atoms with E-state index < -0.39 is 0 Å². The Kier molecular flexibility index (Phi) is 9.00. The number of aromatic hydroxyl groups is 1. The Bertz CT molecular complexity index is 1000. The lowest BCUT2D eigenvalue weighted by Crippen LogP contribution is -2.53. The van der Waals surface area contributed by atoms with Crippen molar-refractivity contribution in [2.75, 3.05) is 29.9 Å². The second kappa shape index (κ2) is 11.3. The number of nitrogens with zero attached hydrogens (tertiary/aromatic N) is 5. The van der Waals surface area contributed by atoms with Crippen molar-refractivity contribution in [3.05, 3.63) is 48.4 Å². The normalized spacial score (nSPS) is 15.6. The Morgan fingerprint density at radius 3 is 2.47 bits per heavy atom. The van der Waals surface area contributed by atoms with Crippen LogP contribution in [0.4, 0.5) is 17.2 Å². The van der Waals surface area contributed by atoms with Crippen LogP contribution in [0.2, 0.25) is 0 Å². The Morgan fingerprint density at radius 1 is 1.06 bits per heavy atom. The second-order valence-corrected chi connectivity index (χ2v) is 7.93. The molecule has 172 valence electrons. The van der Waals surface area contributed by atoms with Gasteiger partial charge in [-0.15, -0.1) is 35.0 Å². The van der Waals surface area contributed by atoms with E-state index in [1.165, 1.54) is 0 Å². The molecule has 32 heavy (non-hydrogen) atoms. The highest BCUT2D eigenvalue weighted by Crippen LogP contribution is 2.29. The van der Waals surface area contributed by atoms with Gasteiger partial charge in [0.15, 0.2) is 5.82 Å². The van der Waals surface area contributed by atoms with Crippen LogP contribution in [0.3, 0.4) is 0 Å². The Balaban J connectivity index is 0.00000181. The number of nitrogens with one attached hydrogen (secondary N) is 2. The molecule has 1 atom stereocenters. The van der Waals surface area contributed by atoms with Crippen molar-refractivity contribution in [3.8, 4) is 17.1 Å². The number of hydrogen-bond acceptors (Lipinski definition) is 8. The Hall–Kier alpha value is -2.68. The average molecular weight is 478 g/mol. The molecule has 4 heterocycles. The molecule has 3 aromatic heterocycles. The minimum Gasteiger partial charge on any atom is -0.506 e. The van der Waals surface area contributed by atoms with Crippen LogP contribution in [0.15, 0.2) is 42.7 Å². The topological polar surface area (TPSA) is 99.1 Å². The molecule has 0 unspecified atom stereocenters. The summed E-state index contributed by atoms with van der Waals surface area (Å²) in [6, 6.07) is 9.71. The van der Waals surface area contributed by atoms with E-state index in [0.29, 0.717) is 29.0 Å². The number of pyridine rings is 2. The summed E-state index contributed by atoms with van der Waals surface area (Å²) in [5.41, 5.74) is 3.39. The van der Waals surface area contributed by atoms with Gasteiger partial charge in [-0.2, -0.15) is 0 Å². The third-order valence-electron chi connectivity index (χ3n) is 5.29. The minimum atomic E-state index is 0. The van der Waals surface area contributed by atoms with Crippen LogP contribution in [0, 0.1) is 12.8 Å². The molecule has 3 N–H and O–H groups in total. The zero-order valence-electron chi connectivity index (χ0n) is 18.3. The molecule has 0 aliphatic carbocycles. The van der Waals surface area contributed by atoms with Gasteiger partial charge in [-0.05, 0) is 37.1 Å². The summed E-state index contributed by atoms with van der Waals surface area (Å²) in [7, 11) is 0. The average Bonchev–Trinajstić information content (AvgIpc) is 2.76. The third-order valence-corrected chi connectivity index (χ3v) is 5.29. The molecule has 0 spiro atoms. The summed E-state index contributed by atoms with van der Waals surface area (Å²) in [4.78, 5) is 10.9. The smallest absolute Gasteiger partial charge is 0.151 e. The minimum absolute atomic E-state index is 0. The van der Waals surface area contributed by atoms with Crippen LogP contribution >= 0.6 is 24.8 Å². The van der Waals surface area contributed by atoms with Crippen LogP contribution in [-0.2, 0) is 0 Å². The van der Waals surface area contributed by atoms with Crippen LogP contribution in [0.25, 0.3) is 11.4 Å². The fourth-order valence-electron chi connectivity index (χ4n) is 3.48. The number of hydrogen-bond donors (Lipinski definition) is 3. The second-order valence-electron chi connectivity index (χ2n) is 7.93. The lowest BCUT2D eigenvalue weighted by Gasteiger charge is -2.36. The van der Waals surface area contributed by atoms with Gasteiger partial charge in [-0.25, -0.2) is 4.98 Å². The highest BCUT2D eigenvalue weighted by Gasteiger charge is 2.23. The molecule has 0 amide bonds. The number of piperazine rings is 1. The Labute approximate surface area is 200 Å². The maximum Gasteiger partial charge on any atom is 0.151 e. The predicted molar refractivity (Wildman–Crippen MR) is 133 cm³/mol.